The Balaban J connectivity index is 1.09. The molecule has 0 radical (unpaired) electrons. The predicted molar refractivity (Wildman–Crippen MR) is 179 cm³/mol. The quantitative estimate of drug-likeness (QED) is 0.402. The molecule has 3 fully saturated rings. The van der Waals surface area contributed by atoms with Gasteiger partial charge < -0.3 is 35.0 Å². The van der Waals surface area contributed by atoms with Gasteiger partial charge in [-0.25, -0.2) is 9.59 Å². The van der Waals surface area contributed by atoms with Gasteiger partial charge in [0.05, 0.1) is 0 Å². The number of amides is 4. The molecular weight excluding hydrogens is 614 g/mol. The minimum atomic E-state index is -1.05. The minimum Gasteiger partial charge on any atom is -0.507 e. The van der Waals surface area contributed by atoms with Gasteiger partial charge in [-0.05, 0) is 93.7 Å². The molecule has 2 aromatic carbocycles. The normalized spacial score (nSPS) is 21.8. The summed E-state index contributed by atoms with van der Waals surface area (Å²) >= 11 is 0. The van der Waals surface area contributed by atoms with E-state index in [4.69, 9.17) is 4.74 Å². The van der Waals surface area contributed by atoms with Gasteiger partial charge in [-0.2, -0.15) is 0 Å². The number of aromatic hydroxyl groups is 1. The van der Waals surface area contributed by atoms with Crippen LogP contribution in [0.25, 0.3) is 0 Å². The average molecular weight is 662 g/mol. The summed E-state index contributed by atoms with van der Waals surface area (Å²) in [6.07, 6.45) is 3.37. The fourth-order valence-electron chi connectivity index (χ4n) is 7.96. The average Bonchev–Trinajstić information content (AvgIpc) is 3.52. The lowest BCUT2D eigenvalue weighted by atomic mass is 9.98. The molecular formula is C36H47N5O7. The first kappa shape index (κ1) is 33.6. The van der Waals surface area contributed by atoms with E-state index < -0.39 is 24.2 Å². The van der Waals surface area contributed by atoms with Crippen LogP contribution in [0.3, 0.4) is 0 Å². The number of para-hydroxylation sites is 1. The fourth-order valence-corrected chi connectivity index (χ4v) is 7.96. The zero-order valence-electron chi connectivity index (χ0n) is 27.9. The first-order valence-corrected chi connectivity index (χ1v) is 17.3. The van der Waals surface area contributed by atoms with E-state index in [9.17, 15) is 29.4 Å². The number of nitrogens with zero attached hydrogens (tertiary/aromatic N) is 4. The zero-order valence-corrected chi connectivity index (χ0v) is 27.9. The molecule has 0 aromatic heterocycles. The first-order valence-electron chi connectivity index (χ1n) is 17.3. The van der Waals surface area contributed by atoms with E-state index in [-0.39, 0.29) is 36.2 Å². The van der Waals surface area contributed by atoms with Crippen LogP contribution in [0, 0.1) is 13.8 Å². The van der Waals surface area contributed by atoms with Gasteiger partial charge in [0.25, 0.3) is 5.91 Å². The van der Waals surface area contributed by atoms with Crippen LogP contribution in [-0.2, 0) is 27.2 Å². The van der Waals surface area contributed by atoms with Crippen molar-refractivity contribution in [3.63, 3.8) is 0 Å². The molecule has 4 heterocycles. The highest BCUT2D eigenvalue weighted by Gasteiger charge is 2.39. The van der Waals surface area contributed by atoms with Crippen molar-refractivity contribution in [3.8, 4) is 5.75 Å². The number of phenols is 1. The number of fused-ring (bicyclic) bond motifs is 1. The van der Waals surface area contributed by atoms with Crippen LogP contribution in [0.15, 0.2) is 36.4 Å². The van der Waals surface area contributed by atoms with Gasteiger partial charge in [0.2, 0.25) is 0 Å². The zero-order chi connectivity index (χ0) is 33.9. The number of hydrogen-bond donors (Lipinski definition) is 3. The lowest BCUT2D eigenvalue weighted by molar-refractivity contribution is -0.146. The molecule has 2 aromatic rings. The molecule has 0 aliphatic carbocycles. The smallest absolute Gasteiger partial charge is 0.410 e. The second kappa shape index (κ2) is 14.4. The largest absolute Gasteiger partial charge is 0.507 e. The summed E-state index contributed by atoms with van der Waals surface area (Å²) in [5.41, 5.74) is 4.10. The van der Waals surface area contributed by atoms with Crippen molar-refractivity contribution in [2.75, 3.05) is 44.6 Å². The molecule has 4 amide bonds. The molecule has 2 unspecified atom stereocenters. The highest BCUT2D eigenvalue weighted by Crippen LogP contribution is 2.29. The number of carbonyl (C=O) groups is 4. The van der Waals surface area contributed by atoms with E-state index in [0.717, 1.165) is 36.2 Å². The second-order valence-electron chi connectivity index (χ2n) is 13.7. The molecule has 6 rings (SSSR count). The number of benzene rings is 2. The topological polar surface area (TPSA) is 143 Å². The van der Waals surface area contributed by atoms with Crippen molar-refractivity contribution in [1.82, 2.24) is 19.6 Å². The number of hydrogen-bond acceptors (Lipinski definition) is 7. The SMILES string of the molecule is Cc1cc(CC(OC(=O)N2CCC(N3CCc4ccccc4NC3=O)CC2)C(=O)N2CCC(N3CCCC3C(=O)O)CC2)cc(C)c1O. The lowest BCUT2D eigenvalue weighted by Gasteiger charge is -2.40. The van der Waals surface area contributed by atoms with Crippen molar-refractivity contribution >= 4 is 29.7 Å². The summed E-state index contributed by atoms with van der Waals surface area (Å²) < 4.78 is 6.01. The van der Waals surface area contributed by atoms with E-state index in [2.05, 4.69) is 10.2 Å². The van der Waals surface area contributed by atoms with Crippen LogP contribution >= 0.6 is 0 Å². The summed E-state index contributed by atoms with van der Waals surface area (Å²) in [6, 6.07) is 11.0. The molecule has 258 valence electrons. The molecule has 4 aliphatic heterocycles. The molecule has 4 aliphatic rings. The van der Waals surface area contributed by atoms with Gasteiger partial charge in [-0.1, -0.05) is 30.3 Å². The Morgan fingerprint density at radius 1 is 0.896 bits per heavy atom. The molecule has 3 N–H and O–H groups in total. The van der Waals surface area contributed by atoms with Gasteiger partial charge in [0.1, 0.15) is 11.8 Å². The van der Waals surface area contributed by atoms with Crippen molar-refractivity contribution < 1.29 is 34.1 Å². The number of carboxylic acids is 1. The summed E-state index contributed by atoms with van der Waals surface area (Å²) in [7, 11) is 0. The summed E-state index contributed by atoms with van der Waals surface area (Å²) in [5, 5.41) is 23.0. The Kier molecular flexibility index (Phi) is 10.1. The highest BCUT2D eigenvalue weighted by atomic mass is 16.6. The van der Waals surface area contributed by atoms with Gasteiger partial charge in [-0.15, -0.1) is 0 Å². The van der Waals surface area contributed by atoms with E-state index in [0.29, 0.717) is 76.0 Å². The lowest BCUT2D eigenvalue weighted by Crippen LogP contribution is -2.53. The van der Waals surface area contributed by atoms with Crippen LogP contribution in [0.5, 0.6) is 5.75 Å². The number of carboxylic acid groups (broad SMARTS) is 1. The number of aliphatic carboxylic acids is 1. The number of phenolic OH excluding ortho intramolecular Hbond substituents is 1. The maximum absolute atomic E-state index is 14.0. The van der Waals surface area contributed by atoms with Crippen molar-refractivity contribution in [2.24, 2.45) is 0 Å². The molecule has 12 nitrogen and oxygen atoms in total. The maximum atomic E-state index is 14.0. The highest BCUT2D eigenvalue weighted by molar-refractivity contribution is 5.91. The fraction of sp³-hybridized carbons (Fsp3) is 0.556. The predicted octanol–water partition coefficient (Wildman–Crippen LogP) is 4.15. The van der Waals surface area contributed by atoms with Gasteiger partial charge in [0.15, 0.2) is 6.10 Å². The number of rotatable bonds is 7. The number of anilines is 1. The number of nitrogens with one attached hydrogen (secondary N) is 1. The molecule has 2 atom stereocenters. The van der Waals surface area contributed by atoms with Crippen LogP contribution in [0.1, 0.15) is 60.8 Å². The van der Waals surface area contributed by atoms with Crippen LogP contribution in [-0.4, -0.2) is 117 Å². The molecule has 0 saturated carbocycles. The van der Waals surface area contributed by atoms with Gasteiger partial charge in [-0.3, -0.25) is 14.5 Å². The number of urea groups is 1. The van der Waals surface area contributed by atoms with Crippen LogP contribution < -0.4 is 5.32 Å². The van der Waals surface area contributed by atoms with Crippen LogP contribution in [0.2, 0.25) is 0 Å². The van der Waals surface area contributed by atoms with Crippen molar-refractivity contribution in [2.45, 2.75) is 89.4 Å². The minimum absolute atomic E-state index is 0.0126. The second-order valence-corrected chi connectivity index (χ2v) is 13.7. The summed E-state index contributed by atoms with van der Waals surface area (Å²) in [6.45, 7) is 6.69. The maximum Gasteiger partial charge on any atom is 0.410 e. The Hall–Kier alpha value is -4.32. The summed E-state index contributed by atoms with van der Waals surface area (Å²) in [4.78, 5) is 59.7. The third-order valence-corrected chi connectivity index (χ3v) is 10.6. The first-order chi connectivity index (χ1) is 23.1. The standard InChI is InChI=1S/C36H47N5O7/c1-23-20-25(21-24(2)32(23)42)22-31(33(43)38-15-10-27(11-16-38)40-14-5-8-30(40)34(44)45)48-36(47)39-17-12-28(13-18-39)41-19-9-26-6-3-4-7-29(26)37-35(41)46/h3-4,6-7,20-21,27-28,30-31,42H,5,8-19,22H2,1-2H3,(H,37,46)(H,44,45). The monoisotopic (exact) mass is 661 g/mol. The number of carbonyl (C=O) groups excluding carboxylic acids is 3. The third kappa shape index (κ3) is 7.23. The molecule has 0 spiro atoms. The summed E-state index contributed by atoms with van der Waals surface area (Å²) in [5.74, 6) is -0.856. The van der Waals surface area contributed by atoms with E-state index >= 15 is 0 Å². The molecule has 12 heteroatoms. The van der Waals surface area contributed by atoms with Gasteiger partial charge >= 0.3 is 18.1 Å². The number of aryl methyl sites for hydroxylation is 2. The van der Waals surface area contributed by atoms with E-state index in [1.807, 2.05) is 41.3 Å². The van der Waals surface area contributed by atoms with Crippen LogP contribution in [0.4, 0.5) is 15.3 Å². The third-order valence-electron chi connectivity index (χ3n) is 10.6. The van der Waals surface area contributed by atoms with E-state index in [1.54, 1.807) is 23.6 Å². The number of likely N-dealkylation sites (tertiary alicyclic amines) is 3. The Morgan fingerprint density at radius 3 is 2.23 bits per heavy atom. The van der Waals surface area contributed by atoms with Gasteiger partial charge in [0, 0.05) is 56.9 Å². The Morgan fingerprint density at radius 2 is 1.54 bits per heavy atom. The van der Waals surface area contributed by atoms with Crippen molar-refractivity contribution in [1.29, 1.82) is 0 Å². The molecule has 0 bridgehead atoms. The molecule has 3 saturated heterocycles. The Bertz CT molecular complexity index is 1510. The Labute approximate surface area is 281 Å². The van der Waals surface area contributed by atoms with E-state index in [1.165, 1.54) is 0 Å². The number of piperidine rings is 2. The number of ether oxygens (including phenoxy) is 1. The molecule has 48 heavy (non-hydrogen) atoms. The van der Waals surface area contributed by atoms with Crippen molar-refractivity contribution in [3.05, 3.63) is 58.7 Å².